The van der Waals surface area contributed by atoms with Crippen molar-refractivity contribution >= 4 is 50.3 Å². The maximum Gasteiger partial charge on any atom is 0.255 e. The van der Waals surface area contributed by atoms with Crippen LogP contribution in [0.25, 0.3) is 0 Å². The topological polar surface area (TPSA) is 81.8 Å². The summed E-state index contributed by atoms with van der Waals surface area (Å²) in [6.07, 6.45) is 1.59. The fourth-order valence-electron chi connectivity index (χ4n) is 2.66. The number of thiocarbonyl (C=S) groups is 2. The van der Waals surface area contributed by atoms with E-state index in [0.717, 1.165) is 18.4 Å². The van der Waals surface area contributed by atoms with Crippen LogP contribution in [-0.4, -0.2) is 53.7 Å². The van der Waals surface area contributed by atoms with E-state index >= 15 is 0 Å². The first-order chi connectivity index (χ1) is 14.7. The summed E-state index contributed by atoms with van der Waals surface area (Å²) in [5, 5.41) is 2.72. The van der Waals surface area contributed by atoms with Crippen molar-refractivity contribution in [2.75, 3.05) is 19.3 Å². The van der Waals surface area contributed by atoms with E-state index in [0.29, 0.717) is 22.1 Å². The molecule has 0 atom stereocenters. The molecule has 0 bridgehead atoms. The lowest BCUT2D eigenvalue weighted by Crippen LogP contribution is -2.51. The van der Waals surface area contributed by atoms with E-state index in [1.807, 2.05) is 55.5 Å². The molecule has 0 saturated heterocycles. The lowest BCUT2D eigenvalue weighted by Gasteiger charge is -2.26. The fourth-order valence-corrected chi connectivity index (χ4v) is 4.16. The molecule has 0 spiro atoms. The summed E-state index contributed by atoms with van der Waals surface area (Å²) in [5.41, 5.74) is 3.95. The van der Waals surface area contributed by atoms with E-state index in [-0.39, 0.29) is 0 Å². The smallest absolute Gasteiger partial charge is 0.255 e. The standard InChI is InChI=1S/C21H26N4O3S3/c1-3-4-15-25(21(30)18-13-9-6-10-14-18)23-31(27,28)16-19(26)22-24(2)20(29)17-11-7-5-8-12-17/h5-14,23H,3-4,15-16H2,1-2H3,(H,22,26). The molecule has 166 valence electrons. The number of hydrogen-bond donors (Lipinski definition) is 2. The minimum absolute atomic E-state index is 0.348. The number of hydrazine groups is 2. The van der Waals surface area contributed by atoms with Crippen molar-refractivity contribution in [3.63, 3.8) is 0 Å². The summed E-state index contributed by atoms with van der Waals surface area (Å²) >= 11 is 10.8. The molecule has 0 radical (unpaired) electrons. The molecule has 10 heteroatoms. The Labute approximate surface area is 194 Å². The van der Waals surface area contributed by atoms with Gasteiger partial charge in [-0.1, -0.05) is 98.4 Å². The van der Waals surface area contributed by atoms with Crippen LogP contribution in [0.15, 0.2) is 60.7 Å². The number of sulfonamides is 1. The van der Waals surface area contributed by atoms with Gasteiger partial charge in [0.1, 0.15) is 15.7 Å². The molecule has 0 aliphatic carbocycles. The zero-order chi connectivity index (χ0) is 22.9. The van der Waals surface area contributed by atoms with E-state index in [1.54, 1.807) is 19.2 Å². The van der Waals surface area contributed by atoms with Gasteiger partial charge in [-0.2, -0.15) is 0 Å². The Hall–Kier alpha value is -2.40. The van der Waals surface area contributed by atoms with Crippen LogP contribution < -0.4 is 10.3 Å². The van der Waals surface area contributed by atoms with Crippen LogP contribution in [0.1, 0.15) is 30.9 Å². The summed E-state index contributed by atoms with van der Waals surface area (Å²) in [4.78, 5) is 15.5. The largest absolute Gasteiger partial charge is 0.284 e. The molecule has 2 aromatic rings. The van der Waals surface area contributed by atoms with Gasteiger partial charge in [0.2, 0.25) is 10.0 Å². The predicted molar refractivity (Wildman–Crippen MR) is 131 cm³/mol. The van der Waals surface area contributed by atoms with Crippen molar-refractivity contribution in [1.29, 1.82) is 0 Å². The average Bonchev–Trinajstić information content (AvgIpc) is 2.76. The van der Waals surface area contributed by atoms with Gasteiger partial charge in [-0.25, -0.2) is 8.42 Å². The van der Waals surface area contributed by atoms with Crippen LogP contribution in [0, 0.1) is 0 Å². The van der Waals surface area contributed by atoms with Gasteiger partial charge >= 0.3 is 0 Å². The number of carbonyl (C=O) groups is 1. The van der Waals surface area contributed by atoms with E-state index < -0.39 is 21.7 Å². The monoisotopic (exact) mass is 478 g/mol. The van der Waals surface area contributed by atoms with Crippen molar-refractivity contribution < 1.29 is 13.2 Å². The Morgan fingerprint density at radius 1 is 0.935 bits per heavy atom. The van der Waals surface area contributed by atoms with Crippen LogP contribution in [-0.2, 0) is 14.8 Å². The van der Waals surface area contributed by atoms with Gasteiger partial charge in [0.15, 0.2) is 0 Å². The van der Waals surface area contributed by atoms with E-state index in [4.69, 9.17) is 24.4 Å². The first kappa shape index (κ1) is 24.9. The Balaban J connectivity index is 2.02. The molecular weight excluding hydrogens is 452 g/mol. The molecular formula is C21H26N4O3S3. The van der Waals surface area contributed by atoms with Gasteiger partial charge in [-0.15, -0.1) is 4.83 Å². The summed E-state index contributed by atoms with van der Waals surface area (Å²) in [6.45, 7) is 2.39. The van der Waals surface area contributed by atoms with E-state index in [9.17, 15) is 13.2 Å². The second kappa shape index (κ2) is 11.8. The van der Waals surface area contributed by atoms with E-state index in [1.165, 1.54) is 10.0 Å². The molecule has 31 heavy (non-hydrogen) atoms. The molecule has 0 aliphatic heterocycles. The molecule has 1 amide bonds. The lowest BCUT2D eigenvalue weighted by molar-refractivity contribution is -0.121. The predicted octanol–water partition coefficient (Wildman–Crippen LogP) is 2.64. The highest BCUT2D eigenvalue weighted by atomic mass is 32.2. The highest BCUT2D eigenvalue weighted by molar-refractivity contribution is 7.90. The number of nitrogens with zero attached hydrogens (tertiary/aromatic N) is 2. The molecule has 0 fully saturated rings. The first-order valence-electron chi connectivity index (χ1n) is 9.73. The molecule has 0 aromatic heterocycles. The molecule has 0 aliphatic rings. The van der Waals surface area contributed by atoms with Gasteiger partial charge in [-0.05, 0) is 6.42 Å². The minimum Gasteiger partial charge on any atom is -0.284 e. The fraction of sp³-hybridized carbons (Fsp3) is 0.286. The quantitative estimate of drug-likeness (QED) is 0.424. The van der Waals surface area contributed by atoms with Gasteiger partial charge in [0.05, 0.1) is 0 Å². The van der Waals surface area contributed by atoms with E-state index in [2.05, 4.69) is 10.3 Å². The number of unbranched alkanes of at least 4 members (excludes halogenated alkanes) is 1. The Bertz CT molecular complexity index is 999. The second-order valence-corrected chi connectivity index (χ2v) is 9.27. The van der Waals surface area contributed by atoms with Gasteiger partial charge in [0.25, 0.3) is 5.91 Å². The molecule has 0 saturated carbocycles. The third-order valence-electron chi connectivity index (χ3n) is 4.19. The molecule has 2 rings (SSSR count). The Morgan fingerprint density at radius 3 is 1.97 bits per heavy atom. The Morgan fingerprint density at radius 2 is 1.45 bits per heavy atom. The molecule has 2 N–H and O–H groups in total. The van der Waals surface area contributed by atoms with Crippen molar-refractivity contribution in [2.45, 2.75) is 19.8 Å². The van der Waals surface area contributed by atoms with Crippen LogP contribution >= 0.6 is 24.4 Å². The third-order valence-corrected chi connectivity index (χ3v) is 6.30. The molecule has 0 unspecified atom stereocenters. The van der Waals surface area contributed by atoms with Gasteiger partial charge < -0.3 is 0 Å². The molecule has 7 nitrogen and oxygen atoms in total. The summed E-state index contributed by atoms with van der Waals surface area (Å²) in [7, 11) is -2.43. The third kappa shape index (κ3) is 7.98. The van der Waals surface area contributed by atoms with Crippen LogP contribution in [0.5, 0.6) is 0 Å². The number of rotatable bonds is 9. The SMILES string of the molecule is CCCCN(NS(=O)(=O)CC(=O)NN(C)C(=S)c1ccccc1)C(=S)c1ccccc1. The zero-order valence-electron chi connectivity index (χ0n) is 17.4. The normalized spacial score (nSPS) is 10.9. The number of amides is 1. The minimum atomic E-state index is -3.99. The second-order valence-electron chi connectivity index (χ2n) is 6.79. The van der Waals surface area contributed by atoms with Crippen LogP contribution in [0.4, 0.5) is 0 Å². The van der Waals surface area contributed by atoms with Gasteiger partial charge in [-0.3, -0.25) is 20.2 Å². The average molecular weight is 479 g/mol. The Kier molecular flexibility index (Phi) is 9.50. The zero-order valence-corrected chi connectivity index (χ0v) is 19.9. The first-order valence-corrected chi connectivity index (χ1v) is 12.2. The van der Waals surface area contributed by atoms with Crippen molar-refractivity contribution in [3.8, 4) is 0 Å². The number of hydrogen-bond acceptors (Lipinski definition) is 5. The number of benzene rings is 2. The van der Waals surface area contributed by atoms with Crippen LogP contribution in [0.2, 0.25) is 0 Å². The van der Waals surface area contributed by atoms with Crippen LogP contribution in [0.3, 0.4) is 0 Å². The lowest BCUT2D eigenvalue weighted by atomic mass is 10.2. The molecule has 0 heterocycles. The summed E-state index contributed by atoms with van der Waals surface area (Å²) in [5.74, 6) is -1.48. The maximum absolute atomic E-state index is 12.6. The molecule has 2 aromatic carbocycles. The number of nitrogens with one attached hydrogen (secondary N) is 2. The highest BCUT2D eigenvalue weighted by Gasteiger charge is 2.23. The maximum atomic E-state index is 12.6. The number of carbonyl (C=O) groups excluding carboxylic acids is 1. The summed E-state index contributed by atoms with van der Waals surface area (Å²) < 4.78 is 25.3. The van der Waals surface area contributed by atoms with Gasteiger partial charge in [0, 0.05) is 24.7 Å². The summed E-state index contributed by atoms with van der Waals surface area (Å²) in [6, 6.07) is 18.2. The van der Waals surface area contributed by atoms with Crippen molar-refractivity contribution in [1.82, 2.24) is 20.3 Å². The highest BCUT2D eigenvalue weighted by Crippen LogP contribution is 2.08. The van der Waals surface area contributed by atoms with Crippen molar-refractivity contribution in [3.05, 3.63) is 71.8 Å². The van der Waals surface area contributed by atoms with Crippen molar-refractivity contribution in [2.24, 2.45) is 0 Å².